The van der Waals surface area contributed by atoms with Gasteiger partial charge in [0.1, 0.15) is 0 Å². The minimum Gasteiger partial charge on any atom is -0.478 e. The van der Waals surface area contributed by atoms with Crippen LogP contribution in [0.4, 0.5) is 0 Å². The maximum Gasteiger partial charge on any atom is 0.335 e. The fraction of sp³-hybridized carbons (Fsp3) is 0.462. The zero-order chi connectivity index (χ0) is 11.9. The van der Waals surface area contributed by atoms with Gasteiger partial charge in [-0.3, -0.25) is 4.90 Å². The van der Waals surface area contributed by atoms with Gasteiger partial charge in [0.05, 0.1) is 5.56 Å². The molecule has 2 rings (SSSR count). The number of hydrogen-bond donors (Lipinski definition) is 1. The molecule has 0 saturated carbocycles. The summed E-state index contributed by atoms with van der Waals surface area (Å²) in [5.74, 6) is -0.849. The maximum atomic E-state index is 10.9. The van der Waals surface area contributed by atoms with Crippen molar-refractivity contribution in [3.05, 3.63) is 34.9 Å². The molecule has 1 aliphatic heterocycles. The molecule has 3 heteroatoms. The number of aromatic carboxylic acids is 1. The summed E-state index contributed by atoms with van der Waals surface area (Å²) >= 11 is 0. The highest BCUT2D eigenvalue weighted by Gasteiger charge is 2.32. The van der Waals surface area contributed by atoms with Crippen molar-refractivity contribution in [3.8, 4) is 0 Å². The van der Waals surface area contributed by atoms with Crippen LogP contribution in [0, 0.1) is 0 Å². The predicted octanol–water partition coefficient (Wildman–Crippen LogP) is 2.84. The molecule has 1 aliphatic rings. The second-order valence-electron chi connectivity index (χ2n) is 4.33. The van der Waals surface area contributed by atoms with E-state index in [1.54, 1.807) is 6.07 Å². The van der Waals surface area contributed by atoms with Crippen LogP contribution in [-0.4, -0.2) is 22.5 Å². The Kier molecular flexibility index (Phi) is 2.72. The van der Waals surface area contributed by atoms with Crippen molar-refractivity contribution in [1.82, 2.24) is 4.90 Å². The zero-order valence-corrected chi connectivity index (χ0v) is 9.90. The summed E-state index contributed by atoms with van der Waals surface area (Å²) in [4.78, 5) is 13.3. The molecule has 0 bridgehead atoms. The molecule has 0 radical (unpaired) electrons. The minimum absolute atomic E-state index is 0.314. The molecule has 86 valence electrons. The Labute approximate surface area is 95.7 Å². The van der Waals surface area contributed by atoms with Gasteiger partial charge in [0.25, 0.3) is 0 Å². The number of carboxylic acid groups (broad SMARTS) is 1. The van der Waals surface area contributed by atoms with Gasteiger partial charge in [-0.25, -0.2) is 4.79 Å². The molecule has 1 heterocycles. The summed E-state index contributed by atoms with van der Waals surface area (Å²) in [5.41, 5.74) is 2.81. The third kappa shape index (κ3) is 1.52. The van der Waals surface area contributed by atoms with Gasteiger partial charge in [-0.1, -0.05) is 13.0 Å². The van der Waals surface area contributed by atoms with Crippen LogP contribution in [0.5, 0.6) is 0 Å². The molecule has 1 N–H and O–H groups in total. The standard InChI is InChI=1S/C13H17NO2/c1-4-14-8(2)11-6-5-10(13(15)16)7-12(11)9(14)3/h5-9H,4H2,1-3H3,(H,15,16). The van der Waals surface area contributed by atoms with Crippen molar-refractivity contribution in [2.75, 3.05) is 6.54 Å². The average Bonchev–Trinajstić information content (AvgIpc) is 2.51. The molecule has 0 aromatic heterocycles. The van der Waals surface area contributed by atoms with Crippen LogP contribution in [-0.2, 0) is 0 Å². The SMILES string of the molecule is CCN1C(C)c2ccc(C(=O)O)cc2C1C. The number of nitrogens with zero attached hydrogens (tertiary/aromatic N) is 1. The minimum atomic E-state index is -0.849. The summed E-state index contributed by atoms with van der Waals surface area (Å²) in [7, 11) is 0. The quantitative estimate of drug-likeness (QED) is 0.831. The Morgan fingerprint density at radius 1 is 1.31 bits per heavy atom. The monoisotopic (exact) mass is 219 g/mol. The molecule has 2 unspecified atom stereocenters. The first kappa shape index (κ1) is 11.1. The highest BCUT2D eigenvalue weighted by molar-refractivity contribution is 5.88. The fourth-order valence-electron chi connectivity index (χ4n) is 2.69. The molecule has 2 atom stereocenters. The lowest BCUT2D eigenvalue weighted by Crippen LogP contribution is -2.22. The number of fused-ring (bicyclic) bond motifs is 1. The second-order valence-corrected chi connectivity index (χ2v) is 4.33. The van der Waals surface area contributed by atoms with Crippen molar-refractivity contribution in [3.63, 3.8) is 0 Å². The van der Waals surface area contributed by atoms with E-state index in [1.165, 1.54) is 5.56 Å². The van der Waals surface area contributed by atoms with Crippen LogP contribution < -0.4 is 0 Å². The molecule has 0 fully saturated rings. The predicted molar refractivity (Wildman–Crippen MR) is 62.6 cm³/mol. The Hall–Kier alpha value is -1.35. The van der Waals surface area contributed by atoms with E-state index in [4.69, 9.17) is 5.11 Å². The largest absolute Gasteiger partial charge is 0.478 e. The maximum absolute atomic E-state index is 10.9. The van der Waals surface area contributed by atoms with Gasteiger partial charge in [-0.05, 0) is 43.7 Å². The zero-order valence-electron chi connectivity index (χ0n) is 9.90. The molecule has 1 aromatic carbocycles. The molecule has 0 saturated heterocycles. The number of benzene rings is 1. The Morgan fingerprint density at radius 2 is 1.94 bits per heavy atom. The highest BCUT2D eigenvalue weighted by Crippen LogP contribution is 2.41. The second kappa shape index (κ2) is 3.91. The van der Waals surface area contributed by atoms with Crippen LogP contribution in [0.15, 0.2) is 18.2 Å². The van der Waals surface area contributed by atoms with E-state index in [9.17, 15) is 4.79 Å². The summed E-state index contributed by atoms with van der Waals surface area (Å²) < 4.78 is 0. The molecular weight excluding hydrogens is 202 g/mol. The first-order valence-electron chi connectivity index (χ1n) is 5.69. The van der Waals surface area contributed by atoms with E-state index < -0.39 is 5.97 Å². The number of carboxylic acids is 1. The third-order valence-corrected chi connectivity index (χ3v) is 3.59. The summed E-state index contributed by atoms with van der Waals surface area (Å²) in [5, 5.41) is 8.98. The third-order valence-electron chi connectivity index (χ3n) is 3.59. The number of carbonyl (C=O) groups is 1. The van der Waals surface area contributed by atoms with Crippen molar-refractivity contribution < 1.29 is 9.90 Å². The topological polar surface area (TPSA) is 40.5 Å². The number of rotatable bonds is 2. The average molecular weight is 219 g/mol. The van der Waals surface area contributed by atoms with Gasteiger partial charge in [0, 0.05) is 12.1 Å². The van der Waals surface area contributed by atoms with Crippen LogP contribution in [0.2, 0.25) is 0 Å². The first-order chi connectivity index (χ1) is 7.56. The Morgan fingerprint density at radius 3 is 2.50 bits per heavy atom. The van der Waals surface area contributed by atoms with Crippen molar-refractivity contribution >= 4 is 5.97 Å². The smallest absolute Gasteiger partial charge is 0.335 e. The summed E-state index contributed by atoms with van der Waals surface area (Å²) in [6.45, 7) is 7.43. The lowest BCUT2D eigenvalue weighted by Gasteiger charge is -2.24. The normalized spacial score (nSPS) is 24.4. The lowest BCUT2D eigenvalue weighted by molar-refractivity contribution is 0.0696. The van der Waals surface area contributed by atoms with Crippen LogP contribution in [0.25, 0.3) is 0 Å². The molecular formula is C13H17NO2. The highest BCUT2D eigenvalue weighted by atomic mass is 16.4. The van der Waals surface area contributed by atoms with E-state index in [-0.39, 0.29) is 0 Å². The molecule has 0 spiro atoms. The Balaban J connectivity index is 2.47. The van der Waals surface area contributed by atoms with Crippen molar-refractivity contribution in [2.45, 2.75) is 32.9 Å². The summed E-state index contributed by atoms with van der Waals surface area (Å²) in [6, 6.07) is 6.17. The fourth-order valence-corrected chi connectivity index (χ4v) is 2.69. The van der Waals surface area contributed by atoms with Crippen LogP contribution >= 0.6 is 0 Å². The van der Waals surface area contributed by atoms with Crippen molar-refractivity contribution in [1.29, 1.82) is 0 Å². The van der Waals surface area contributed by atoms with E-state index >= 15 is 0 Å². The number of hydrogen-bond acceptors (Lipinski definition) is 2. The molecule has 0 aliphatic carbocycles. The van der Waals surface area contributed by atoms with E-state index in [2.05, 4.69) is 25.7 Å². The van der Waals surface area contributed by atoms with Gasteiger partial charge in [-0.15, -0.1) is 0 Å². The first-order valence-corrected chi connectivity index (χ1v) is 5.69. The van der Waals surface area contributed by atoms with Crippen LogP contribution in [0.1, 0.15) is 54.3 Å². The van der Waals surface area contributed by atoms with E-state index in [1.807, 2.05) is 12.1 Å². The molecule has 0 amide bonds. The molecule has 16 heavy (non-hydrogen) atoms. The van der Waals surface area contributed by atoms with Crippen molar-refractivity contribution in [2.24, 2.45) is 0 Å². The van der Waals surface area contributed by atoms with E-state index in [0.29, 0.717) is 17.6 Å². The van der Waals surface area contributed by atoms with Gasteiger partial charge in [0.2, 0.25) is 0 Å². The van der Waals surface area contributed by atoms with Gasteiger partial charge in [-0.2, -0.15) is 0 Å². The Bertz CT molecular complexity index is 428. The van der Waals surface area contributed by atoms with Crippen LogP contribution in [0.3, 0.4) is 0 Å². The summed E-state index contributed by atoms with van der Waals surface area (Å²) in [6.07, 6.45) is 0. The van der Waals surface area contributed by atoms with Gasteiger partial charge in [0.15, 0.2) is 0 Å². The van der Waals surface area contributed by atoms with Gasteiger partial charge < -0.3 is 5.11 Å². The molecule has 1 aromatic rings. The van der Waals surface area contributed by atoms with Gasteiger partial charge >= 0.3 is 5.97 Å². The molecule has 3 nitrogen and oxygen atoms in total. The van der Waals surface area contributed by atoms with E-state index in [0.717, 1.165) is 12.1 Å². The lowest BCUT2D eigenvalue weighted by atomic mass is 10.0.